The summed E-state index contributed by atoms with van der Waals surface area (Å²) in [6, 6.07) is 13.1. The summed E-state index contributed by atoms with van der Waals surface area (Å²) in [6.45, 7) is 3.68. The SMILES string of the molecule is CCOC(=O)C1=C(C)N=c2s/c(=C\c3ccc(O)cc3)c(=O)n2[C@@H]1c1ccccc1OC. The van der Waals surface area contributed by atoms with Crippen molar-refractivity contribution in [1.29, 1.82) is 0 Å². The number of esters is 1. The number of aromatic nitrogens is 1. The van der Waals surface area contributed by atoms with Gasteiger partial charge in [0.05, 0.1) is 29.5 Å². The highest BCUT2D eigenvalue weighted by Crippen LogP contribution is 2.35. The van der Waals surface area contributed by atoms with E-state index in [1.54, 1.807) is 57.4 Å². The molecule has 1 N–H and O–H groups in total. The number of hydrogen-bond donors (Lipinski definition) is 1. The average molecular weight is 451 g/mol. The quantitative estimate of drug-likeness (QED) is 0.604. The fourth-order valence-electron chi connectivity index (χ4n) is 3.70. The Labute approximate surface area is 188 Å². The van der Waals surface area contributed by atoms with Crippen LogP contribution < -0.4 is 19.6 Å². The zero-order chi connectivity index (χ0) is 22.8. The normalized spacial score (nSPS) is 15.8. The van der Waals surface area contributed by atoms with Gasteiger partial charge in [-0.3, -0.25) is 9.36 Å². The third kappa shape index (κ3) is 3.85. The molecule has 0 saturated heterocycles. The lowest BCUT2D eigenvalue weighted by atomic mass is 9.95. The second-order valence-corrected chi connectivity index (χ2v) is 8.14. The topological polar surface area (TPSA) is 90.1 Å². The number of methoxy groups -OCH3 is 1. The van der Waals surface area contributed by atoms with E-state index in [2.05, 4.69) is 4.99 Å². The highest BCUT2D eigenvalue weighted by Gasteiger charge is 2.34. The van der Waals surface area contributed by atoms with Crippen molar-refractivity contribution in [1.82, 2.24) is 4.57 Å². The molecule has 4 rings (SSSR count). The van der Waals surface area contributed by atoms with Crippen LogP contribution in [0.4, 0.5) is 0 Å². The molecule has 0 unspecified atom stereocenters. The summed E-state index contributed by atoms with van der Waals surface area (Å²) in [7, 11) is 1.55. The number of ether oxygens (including phenoxy) is 2. The van der Waals surface area contributed by atoms with Crippen LogP contribution in [0.15, 0.2) is 69.6 Å². The lowest BCUT2D eigenvalue weighted by Gasteiger charge is -2.25. The average Bonchev–Trinajstić information content (AvgIpc) is 3.09. The number of rotatable bonds is 5. The summed E-state index contributed by atoms with van der Waals surface area (Å²) in [5, 5.41) is 9.52. The van der Waals surface area contributed by atoms with Crippen LogP contribution in [0.25, 0.3) is 6.08 Å². The smallest absolute Gasteiger partial charge is 0.338 e. The molecule has 1 atom stereocenters. The molecule has 3 aromatic rings. The van der Waals surface area contributed by atoms with Crippen LogP contribution in [0.5, 0.6) is 11.5 Å². The number of phenolic OH excluding ortho intramolecular Hbond substituents is 1. The van der Waals surface area contributed by atoms with Crippen LogP contribution >= 0.6 is 11.3 Å². The predicted molar refractivity (Wildman–Crippen MR) is 121 cm³/mol. The lowest BCUT2D eigenvalue weighted by Crippen LogP contribution is -2.40. The number of carbonyl (C=O) groups excluding carboxylic acids is 1. The minimum atomic E-state index is -0.733. The van der Waals surface area contributed by atoms with Crippen LogP contribution in [0.3, 0.4) is 0 Å². The van der Waals surface area contributed by atoms with Gasteiger partial charge in [0.2, 0.25) is 0 Å². The Kier molecular flexibility index (Phi) is 5.96. The van der Waals surface area contributed by atoms with E-state index in [9.17, 15) is 14.7 Å². The Morgan fingerprint density at radius 1 is 1.22 bits per heavy atom. The maximum Gasteiger partial charge on any atom is 0.338 e. The number of hydrogen-bond acceptors (Lipinski definition) is 7. The zero-order valence-corrected chi connectivity index (χ0v) is 18.7. The molecule has 8 heteroatoms. The third-order valence-corrected chi connectivity index (χ3v) is 6.12. The molecular formula is C24H22N2O5S. The summed E-state index contributed by atoms with van der Waals surface area (Å²) in [5.74, 6) is 0.189. The van der Waals surface area contributed by atoms with E-state index in [0.717, 1.165) is 5.56 Å². The summed E-state index contributed by atoms with van der Waals surface area (Å²) in [5.41, 5.74) is 1.97. The fraction of sp³-hybridized carbons (Fsp3) is 0.208. The largest absolute Gasteiger partial charge is 0.508 e. The molecule has 0 fully saturated rings. The minimum Gasteiger partial charge on any atom is -0.508 e. The molecule has 164 valence electrons. The van der Waals surface area contributed by atoms with Gasteiger partial charge in [-0.25, -0.2) is 9.79 Å². The number of fused-ring (bicyclic) bond motifs is 1. The van der Waals surface area contributed by atoms with E-state index < -0.39 is 12.0 Å². The van der Waals surface area contributed by atoms with Gasteiger partial charge in [0.1, 0.15) is 17.5 Å². The molecular weight excluding hydrogens is 428 g/mol. The molecule has 2 heterocycles. The monoisotopic (exact) mass is 450 g/mol. The molecule has 7 nitrogen and oxygen atoms in total. The predicted octanol–water partition coefficient (Wildman–Crippen LogP) is 2.51. The van der Waals surface area contributed by atoms with Crippen LogP contribution in [0, 0.1) is 0 Å². The van der Waals surface area contributed by atoms with Gasteiger partial charge in [0.25, 0.3) is 5.56 Å². The van der Waals surface area contributed by atoms with Crippen LogP contribution in [-0.4, -0.2) is 29.4 Å². The molecule has 0 saturated carbocycles. The van der Waals surface area contributed by atoms with E-state index in [1.807, 2.05) is 18.2 Å². The van der Waals surface area contributed by atoms with E-state index >= 15 is 0 Å². The van der Waals surface area contributed by atoms with Gasteiger partial charge in [0, 0.05) is 5.56 Å². The highest BCUT2D eigenvalue weighted by molar-refractivity contribution is 7.07. The van der Waals surface area contributed by atoms with E-state index in [1.165, 1.54) is 15.9 Å². The van der Waals surface area contributed by atoms with Gasteiger partial charge in [-0.2, -0.15) is 0 Å². The van der Waals surface area contributed by atoms with Crippen molar-refractivity contribution in [3.8, 4) is 11.5 Å². The molecule has 0 amide bonds. The Balaban J connectivity index is 1.98. The number of thiazole rings is 1. The second-order valence-electron chi connectivity index (χ2n) is 7.14. The number of benzene rings is 2. The number of allylic oxidation sites excluding steroid dienone is 1. The van der Waals surface area contributed by atoms with Gasteiger partial charge in [-0.15, -0.1) is 0 Å². The molecule has 0 bridgehead atoms. The van der Waals surface area contributed by atoms with Crippen molar-refractivity contribution in [2.75, 3.05) is 13.7 Å². The van der Waals surface area contributed by atoms with Crippen LogP contribution in [0.1, 0.15) is 31.0 Å². The number of carbonyl (C=O) groups is 1. The van der Waals surface area contributed by atoms with E-state index in [-0.39, 0.29) is 17.9 Å². The molecule has 1 aliphatic rings. The number of aromatic hydroxyl groups is 1. The first-order valence-corrected chi connectivity index (χ1v) is 10.9. The summed E-state index contributed by atoms with van der Waals surface area (Å²) >= 11 is 1.24. The first-order chi connectivity index (χ1) is 15.4. The van der Waals surface area contributed by atoms with Crippen molar-refractivity contribution >= 4 is 23.4 Å². The summed E-state index contributed by atoms with van der Waals surface area (Å²) < 4.78 is 12.8. The molecule has 1 aromatic heterocycles. The molecule has 32 heavy (non-hydrogen) atoms. The Bertz CT molecular complexity index is 1380. The van der Waals surface area contributed by atoms with Crippen molar-refractivity contribution in [3.05, 3.63) is 90.6 Å². The van der Waals surface area contributed by atoms with Gasteiger partial charge >= 0.3 is 5.97 Å². The third-order valence-electron chi connectivity index (χ3n) is 5.14. The maximum absolute atomic E-state index is 13.5. The first kappa shape index (κ1) is 21.6. The van der Waals surface area contributed by atoms with Crippen molar-refractivity contribution < 1.29 is 19.4 Å². The van der Waals surface area contributed by atoms with Gasteiger partial charge in [-0.1, -0.05) is 41.7 Å². The molecule has 1 aliphatic heterocycles. The van der Waals surface area contributed by atoms with Gasteiger partial charge < -0.3 is 14.6 Å². The Morgan fingerprint density at radius 2 is 1.94 bits per heavy atom. The van der Waals surface area contributed by atoms with E-state index in [4.69, 9.17) is 9.47 Å². The van der Waals surface area contributed by atoms with Crippen molar-refractivity contribution in [2.24, 2.45) is 4.99 Å². The van der Waals surface area contributed by atoms with Gasteiger partial charge in [0.15, 0.2) is 4.80 Å². The number of phenols is 1. The van der Waals surface area contributed by atoms with Crippen molar-refractivity contribution in [3.63, 3.8) is 0 Å². The number of para-hydroxylation sites is 1. The standard InChI is InChI=1S/C24H22N2O5S/c1-4-31-23(29)20-14(2)25-24-26(21(20)17-7-5-6-8-18(17)30-3)22(28)19(32-24)13-15-9-11-16(27)12-10-15/h5-13,21,27H,4H2,1-3H3/b19-13-/t21-/m1/s1. The summed E-state index contributed by atoms with van der Waals surface area (Å²) in [6.07, 6.45) is 1.74. The first-order valence-electron chi connectivity index (χ1n) is 10.1. The second kappa shape index (κ2) is 8.84. The highest BCUT2D eigenvalue weighted by atomic mass is 32.1. The van der Waals surface area contributed by atoms with E-state index in [0.29, 0.717) is 31.9 Å². The lowest BCUT2D eigenvalue weighted by molar-refractivity contribution is -0.139. The van der Waals surface area contributed by atoms with Gasteiger partial charge in [-0.05, 0) is 43.7 Å². The summed E-state index contributed by atoms with van der Waals surface area (Å²) in [4.78, 5) is 31.5. The van der Waals surface area contributed by atoms with Crippen LogP contribution in [-0.2, 0) is 9.53 Å². The Hall–Kier alpha value is -3.65. The van der Waals surface area contributed by atoms with Crippen LogP contribution in [0.2, 0.25) is 0 Å². The maximum atomic E-state index is 13.5. The minimum absolute atomic E-state index is 0.148. The molecule has 0 radical (unpaired) electrons. The molecule has 0 aliphatic carbocycles. The molecule has 0 spiro atoms. The van der Waals surface area contributed by atoms with Crippen molar-refractivity contribution in [2.45, 2.75) is 19.9 Å². The fourth-order valence-corrected chi connectivity index (χ4v) is 4.75. The zero-order valence-electron chi connectivity index (χ0n) is 17.9. The molecule has 2 aromatic carbocycles. The Morgan fingerprint density at radius 3 is 2.62 bits per heavy atom. The number of nitrogens with zero attached hydrogens (tertiary/aromatic N) is 2.